The zero-order valence-electron chi connectivity index (χ0n) is 19.8. The van der Waals surface area contributed by atoms with Crippen molar-refractivity contribution in [2.75, 3.05) is 45.3 Å². The van der Waals surface area contributed by atoms with Crippen molar-refractivity contribution in [1.29, 1.82) is 0 Å². The molecule has 0 atom stereocenters. The van der Waals surface area contributed by atoms with Gasteiger partial charge < -0.3 is 19.3 Å². The normalized spacial score (nSPS) is 17.5. The van der Waals surface area contributed by atoms with Crippen LogP contribution in [-0.2, 0) is 10.0 Å². The smallest absolute Gasteiger partial charge is 0.254 e. The van der Waals surface area contributed by atoms with E-state index in [9.17, 15) is 13.2 Å². The highest BCUT2D eigenvalue weighted by atomic mass is 32.2. The monoisotopic (exact) mass is 487 g/mol. The van der Waals surface area contributed by atoms with E-state index in [1.165, 1.54) is 13.2 Å². The SMILES string of the molecule is COc1ccc(N2CCN(C(=O)c3ccc(OC)c(S(=O)(=O)NC4CCCCC4)c3)CC2)cc1. The molecule has 1 saturated heterocycles. The minimum atomic E-state index is -3.80. The first-order valence-corrected chi connectivity index (χ1v) is 13.3. The van der Waals surface area contributed by atoms with Crippen LogP contribution in [0.3, 0.4) is 0 Å². The second kappa shape index (κ2) is 10.7. The Morgan fingerprint density at radius 1 is 0.912 bits per heavy atom. The molecule has 1 saturated carbocycles. The molecule has 0 unspecified atom stereocenters. The van der Waals surface area contributed by atoms with Crippen LogP contribution in [0.15, 0.2) is 47.4 Å². The number of ether oxygens (including phenoxy) is 2. The highest BCUT2D eigenvalue weighted by Gasteiger charge is 2.28. The summed E-state index contributed by atoms with van der Waals surface area (Å²) in [5, 5.41) is 0. The quantitative estimate of drug-likeness (QED) is 0.645. The largest absolute Gasteiger partial charge is 0.497 e. The van der Waals surface area contributed by atoms with Crippen molar-refractivity contribution >= 4 is 21.6 Å². The number of amides is 1. The van der Waals surface area contributed by atoms with Crippen LogP contribution in [0.1, 0.15) is 42.5 Å². The minimum Gasteiger partial charge on any atom is -0.497 e. The van der Waals surface area contributed by atoms with Gasteiger partial charge in [0.05, 0.1) is 14.2 Å². The van der Waals surface area contributed by atoms with Crippen LogP contribution in [0.25, 0.3) is 0 Å². The molecule has 1 aliphatic carbocycles. The Morgan fingerprint density at radius 3 is 2.21 bits per heavy atom. The standard InChI is InChI=1S/C25H33N3O5S/c1-32-22-11-9-21(10-12-22)27-14-16-28(17-15-27)25(29)19-8-13-23(33-2)24(18-19)34(30,31)26-20-6-4-3-5-7-20/h8-13,18,20,26H,3-7,14-17H2,1-2H3. The van der Waals surface area contributed by atoms with Gasteiger partial charge in [-0.1, -0.05) is 19.3 Å². The summed E-state index contributed by atoms with van der Waals surface area (Å²) in [5.74, 6) is 0.871. The Bertz CT molecular complexity index is 1090. The van der Waals surface area contributed by atoms with Gasteiger partial charge in [0.15, 0.2) is 0 Å². The summed E-state index contributed by atoms with van der Waals surface area (Å²) in [6.07, 6.45) is 4.84. The lowest BCUT2D eigenvalue weighted by Gasteiger charge is -2.36. The second-order valence-corrected chi connectivity index (χ2v) is 10.5. The molecule has 34 heavy (non-hydrogen) atoms. The zero-order chi connectivity index (χ0) is 24.1. The Labute approximate surface area is 201 Å². The van der Waals surface area contributed by atoms with Crippen molar-refractivity contribution in [3.8, 4) is 11.5 Å². The summed E-state index contributed by atoms with van der Waals surface area (Å²) in [6.45, 7) is 2.50. The Morgan fingerprint density at radius 2 is 1.59 bits per heavy atom. The third kappa shape index (κ3) is 5.47. The first-order chi connectivity index (χ1) is 16.4. The summed E-state index contributed by atoms with van der Waals surface area (Å²) in [4.78, 5) is 17.2. The van der Waals surface area contributed by atoms with Crippen molar-refractivity contribution in [1.82, 2.24) is 9.62 Å². The Kier molecular flexibility index (Phi) is 7.63. The molecular formula is C25H33N3O5S. The number of methoxy groups -OCH3 is 2. The lowest BCUT2D eigenvalue weighted by atomic mass is 9.96. The van der Waals surface area contributed by atoms with E-state index in [2.05, 4.69) is 9.62 Å². The van der Waals surface area contributed by atoms with Gasteiger partial charge >= 0.3 is 0 Å². The number of nitrogens with zero attached hydrogens (tertiary/aromatic N) is 2. The van der Waals surface area contributed by atoms with Gasteiger partial charge in [0.25, 0.3) is 5.91 Å². The summed E-state index contributed by atoms with van der Waals surface area (Å²) >= 11 is 0. The molecule has 8 nitrogen and oxygen atoms in total. The topological polar surface area (TPSA) is 88.2 Å². The molecule has 184 valence electrons. The molecule has 2 aliphatic rings. The lowest BCUT2D eigenvalue weighted by Crippen LogP contribution is -2.48. The average Bonchev–Trinajstić information content (AvgIpc) is 2.88. The maximum atomic E-state index is 13.2. The van der Waals surface area contributed by atoms with Gasteiger partial charge in [-0.3, -0.25) is 4.79 Å². The predicted molar refractivity (Wildman–Crippen MR) is 131 cm³/mol. The zero-order valence-corrected chi connectivity index (χ0v) is 20.6. The molecular weight excluding hydrogens is 454 g/mol. The molecule has 1 amide bonds. The number of rotatable bonds is 7. The summed E-state index contributed by atoms with van der Waals surface area (Å²) in [7, 11) is -0.725. The fourth-order valence-electron chi connectivity index (χ4n) is 4.67. The molecule has 2 fully saturated rings. The first-order valence-electron chi connectivity index (χ1n) is 11.8. The second-order valence-electron chi connectivity index (χ2n) is 8.80. The van der Waals surface area contributed by atoms with E-state index < -0.39 is 10.0 Å². The van der Waals surface area contributed by atoms with Crippen molar-refractivity contribution < 1.29 is 22.7 Å². The van der Waals surface area contributed by atoms with Crippen LogP contribution < -0.4 is 19.1 Å². The Balaban J connectivity index is 1.46. The number of carbonyl (C=O) groups excluding carboxylic acids is 1. The summed E-state index contributed by atoms with van der Waals surface area (Å²) in [5.41, 5.74) is 1.43. The van der Waals surface area contributed by atoms with Gasteiger partial charge in [-0.25, -0.2) is 13.1 Å². The number of anilines is 1. The van der Waals surface area contributed by atoms with E-state index in [0.29, 0.717) is 31.7 Å². The molecule has 9 heteroatoms. The fourth-order valence-corrected chi connectivity index (χ4v) is 6.17. The van der Waals surface area contributed by atoms with E-state index in [0.717, 1.165) is 43.5 Å². The summed E-state index contributed by atoms with van der Waals surface area (Å²) < 4.78 is 39.6. The van der Waals surface area contributed by atoms with Crippen LogP contribution in [0, 0.1) is 0 Å². The molecule has 4 rings (SSSR count). The number of hydrogen-bond donors (Lipinski definition) is 1. The number of piperazine rings is 1. The third-order valence-electron chi connectivity index (χ3n) is 6.63. The third-order valence-corrected chi connectivity index (χ3v) is 8.17. The van der Waals surface area contributed by atoms with Gasteiger partial charge in [0, 0.05) is 43.5 Å². The molecule has 0 radical (unpaired) electrons. The summed E-state index contributed by atoms with van der Waals surface area (Å²) in [6, 6.07) is 12.4. The number of nitrogens with one attached hydrogen (secondary N) is 1. The molecule has 1 N–H and O–H groups in total. The van der Waals surface area contributed by atoms with E-state index >= 15 is 0 Å². The maximum absolute atomic E-state index is 13.2. The molecule has 0 bridgehead atoms. The van der Waals surface area contributed by atoms with Crippen molar-refractivity contribution in [3.05, 3.63) is 48.0 Å². The van der Waals surface area contributed by atoms with Gasteiger partial charge in [0.1, 0.15) is 16.4 Å². The van der Waals surface area contributed by atoms with E-state index in [-0.39, 0.29) is 22.6 Å². The molecule has 0 spiro atoms. The maximum Gasteiger partial charge on any atom is 0.254 e. The number of sulfonamides is 1. The van der Waals surface area contributed by atoms with Gasteiger partial charge in [-0.15, -0.1) is 0 Å². The van der Waals surface area contributed by atoms with Gasteiger partial charge in [-0.05, 0) is 55.3 Å². The molecule has 2 aromatic rings. The minimum absolute atomic E-state index is 0.0169. The molecule has 1 aliphatic heterocycles. The number of hydrogen-bond acceptors (Lipinski definition) is 6. The highest BCUT2D eigenvalue weighted by Crippen LogP contribution is 2.28. The average molecular weight is 488 g/mol. The van der Waals surface area contributed by atoms with Crippen molar-refractivity contribution in [3.63, 3.8) is 0 Å². The molecule has 2 aromatic carbocycles. The van der Waals surface area contributed by atoms with Crippen LogP contribution >= 0.6 is 0 Å². The molecule has 0 aromatic heterocycles. The highest BCUT2D eigenvalue weighted by molar-refractivity contribution is 7.89. The first kappa shape index (κ1) is 24.3. The van der Waals surface area contributed by atoms with Gasteiger partial charge in [0.2, 0.25) is 10.0 Å². The lowest BCUT2D eigenvalue weighted by molar-refractivity contribution is 0.0746. The van der Waals surface area contributed by atoms with E-state index in [1.54, 1.807) is 24.1 Å². The number of benzene rings is 2. The predicted octanol–water partition coefficient (Wildman–Crippen LogP) is 3.28. The van der Waals surface area contributed by atoms with E-state index in [1.807, 2.05) is 24.3 Å². The van der Waals surface area contributed by atoms with E-state index in [4.69, 9.17) is 9.47 Å². The van der Waals surface area contributed by atoms with Crippen LogP contribution in [0.2, 0.25) is 0 Å². The molecule has 1 heterocycles. The van der Waals surface area contributed by atoms with Crippen LogP contribution in [0.4, 0.5) is 5.69 Å². The van der Waals surface area contributed by atoms with Crippen LogP contribution in [0.5, 0.6) is 11.5 Å². The fraction of sp³-hybridized carbons (Fsp3) is 0.480. The van der Waals surface area contributed by atoms with Crippen LogP contribution in [-0.4, -0.2) is 65.7 Å². The number of carbonyl (C=O) groups is 1. The Hall–Kier alpha value is -2.78. The van der Waals surface area contributed by atoms with Crippen molar-refractivity contribution in [2.24, 2.45) is 0 Å². The van der Waals surface area contributed by atoms with Gasteiger partial charge in [-0.2, -0.15) is 0 Å². The van der Waals surface area contributed by atoms with Crippen molar-refractivity contribution in [2.45, 2.75) is 43.0 Å².